The third-order valence-corrected chi connectivity index (χ3v) is 6.96. The Balaban J connectivity index is 1.38. The van der Waals surface area contributed by atoms with Gasteiger partial charge < -0.3 is 4.90 Å². The van der Waals surface area contributed by atoms with Gasteiger partial charge in [0.2, 0.25) is 5.91 Å². The zero-order chi connectivity index (χ0) is 20.8. The van der Waals surface area contributed by atoms with Crippen molar-refractivity contribution in [2.75, 3.05) is 13.1 Å². The Morgan fingerprint density at radius 3 is 2.59 bits per heavy atom. The molecule has 1 unspecified atom stereocenters. The van der Waals surface area contributed by atoms with Crippen molar-refractivity contribution in [2.45, 2.75) is 64.2 Å². The smallest absolute Gasteiger partial charge is 0.335 e. The van der Waals surface area contributed by atoms with Crippen LogP contribution in [0.4, 0.5) is 13.2 Å². The summed E-state index contributed by atoms with van der Waals surface area (Å²) in [5.41, 5.74) is 0.358. The SMILES string of the molecule is CC(C)[C@H]1CC2C=[N+](CCCc3ccc(C(F)(F)F)cc3)C[C@H]3CCC(=O)N1[C@@H]23. The minimum atomic E-state index is -4.28. The average molecular weight is 408 g/mol. The van der Waals surface area contributed by atoms with Crippen molar-refractivity contribution >= 4 is 12.1 Å². The molecule has 0 radical (unpaired) electrons. The van der Waals surface area contributed by atoms with E-state index >= 15 is 0 Å². The summed E-state index contributed by atoms with van der Waals surface area (Å²) in [6, 6.07) is 6.25. The molecule has 29 heavy (non-hydrogen) atoms. The summed E-state index contributed by atoms with van der Waals surface area (Å²) in [7, 11) is 0. The van der Waals surface area contributed by atoms with Crippen LogP contribution in [0.1, 0.15) is 50.7 Å². The summed E-state index contributed by atoms with van der Waals surface area (Å²) in [6.07, 6.45) is 2.47. The van der Waals surface area contributed by atoms with E-state index in [1.54, 1.807) is 12.1 Å². The molecule has 158 valence electrons. The van der Waals surface area contributed by atoms with Crippen LogP contribution in [0.25, 0.3) is 0 Å². The first-order valence-electron chi connectivity index (χ1n) is 10.8. The number of aryl methyl sites for hydroxylation is 1. The van der Waals surface area contributed by atoms with Crippen LogP contribution in [0.5, 0.6) is 0 Å². The fraction of sp³-hybridized carbons (Fsp3) is 0.652. The predicted molar refractivity (Wildman–Crippen MR) is 106 cm³/mol. The van der Waals surface area contributed by atoms with Crippen LogP contribution in [0.2, 0.25) is 0 Å². The lowest BCUT2D eigenvalue weighted by Crippen LogP contribution is -2.55. The van der Waals surface area contributed by atoms with Gasteiger partial charge in [-0.25, -0.2) is 4.58 Å². The molecule has 0 saturated carbocycles. The molecular formula is C23H30F3N2O+. The van der Waals surface area contributed by atoms with Crippen LogP contribution in [0.3, 0.4) is 0 Å². The van der Waals surface area contributed by atoms with Gasteiger partial charge in [-0.3, -0.25) is 4.79 Å². The molecule has 4 rings (SSSR count). The van der Waals surface area contributed by atoms with Crippen molar-refractivity contribution in [1.82, 2.24) is 4.90 Å². The number of carbonyl (C=O) groups excluding carboxylic acids is 1. The first-order valence-corrected chi connectivity index (χ1v) is 10.8. The van der Waals surface area contributed by atoms with Crippen LogP contribution in [-0.4, -0.2) is 46.8 Å². The summed E-state index contributed by atoms with van der Waals surface area (Å²) in [6.45, 7) is 6.32. The number of piperidine rings is 1. The van der Waals surface area contributed by atoms with Gasteiger partial charge in [-0.05, 0) is 42.9 Å². The lowest BCUT2D eigenvalue weighted by atomic mass is 9.81. The number of hydrogen-bond acceptors (Lipinski definition) is 1. The van der Waals surface area contributed by atoms with Gasteiger partial charge in [-0.2, -0.15) is 13.2 Å². The Morgan fingerprint density at radius 2 is 1.93 bits per heavy atom. The van der Waals surface area contributed by atoms with Crippen molar-refractivity contribution < 1.29 is 22.5 Å². The van der Waals surface area contributed by atoms with E-state index in [1.165, 1.54) is 12.1 Å². The first kappa shape index (κ1) is 20.4. The zero-order valence-electron chi connectivity index (χ0n) is 17.2. The minimum Gasteiger partial charge on any atom is -0.335 e. The highest BCUT2D eigenvalue weighted by atomic mass is 19.4. The van der Waals surface area contributed by atoms with Crippen LogP contribution in [0, 0.1) is 17.8 Å². The molecule has 1 amide bonds. The van der Waals surface area contributed by atoms with Gasteiger partial charge in [0.15, 0.2) is 0 Å². The highest BCUT2D eigenvalue weighted by Gasteiger charge is 2.53. The standard InChI is InChI=1S/C23H30F3N2O/c1-15(2)20-12-18-14-27(13-17-7-10-21(29)28(20)22(17)18)11-3-4-16-5-8-19(9-6-16)23(24,25)26/h5-6,8-9,14-15,17-18,20,22H,3-4,7,10-13H2,1-2H3/q+1/t17-,18?,20-,22-/m1/s1. The number of rotatable bonds is 5. The van der Waals surface area contributed by atoms with Crippen LogP contribution in [0.15, 0.2) is 24.3 Å². The summed E-state index contributed by atoms with van der Waals surface area (Å²) in [5, 5.41) is 0. The molecule has 2 saturated heterocycles. The van der Waals surface area contributed by atoms with Gasteiger partial charge in [0, 0.05) is 24.8 Å². The average Bonchev–Trinajstić information content (AvgIpc) is 3.06. The molecule has 0 aliphatic carbocycles. The molecule has 2 fully saturated rings. The Labute approximate surface area is 170 Å². The molecule has 0 bridgehead atoms. The molecule has 3 aliphatic rings. The van der Waals surface area contributed by atoms with Crippen LogP contribution < -0.4 is 0 Å². The number of amides is 1. The Morgan fingerprint density at radius 1 is 1.21 bits per heavy atom. The highest BCUT2D eigenvalue weighted by Crippen LogP contribution is 2.43. The van der Waals surface area contributed by atoms with Gasteiger partial charge in [-0.1, -0.05) is 26.0 Å². The number of nitrogens with zero attached hydrogens (tertiary/aromatic N) is 2. The largest absolute Gasteiger partial charge is 0.416 e. The fourth-order valence-corrected chi connectivity index (χ4v) is 5.58. The second-order valence-corrected chi connectivity index (χ2v) is 9.24. The van der Waals surface area contributed by atoms with Crippen molar-refractivity contribution in [3.63, 3.8) is 0 Å². The van der Waals surface area contributed by atoms with Crippen LogP contribution >= 0.6 is 0 Å². The third kappa shape index (κ3) is 4.08. The Kier molecular flexibility index (Phi) is 5.47. The summed E-state index contributed by atoms with van der Waals surface area (Å²) in [5.74, 6) is 1.79. The lowest BCUT2D eigenvalue weighted by Gasteiger charge is -2.41. The van der Waals surface area contributed by atoms with Crippen molar-refractivity contribution in [3.8, 4) is 0 Å². The van der Waals surface area contributed by atoms with Crippen molar-refractivity contribution in [1.29, 1.82) is 0 Å². The topological polar surface area (TPSA) is 23.3 Å². The molecule has 6 heteroatoms. The van der Waals surface area contributed by atoms with Crippen molar-refractivity contribution in [2.24, 2.45) is 17.8 Å². The molecule has 1 aromatic rings. The predicted octanol–water partition coefficient (Wildman–Crippen LogP) is 4.39. The second kappa shape index (κ2) is 7.77. The maximum atomic E-state index is 12.7. The normalized spacial score (nSPS) is 29.2. The highest BCUT2D eigenvalue weighted by molar-refractivity contribution is 5.79. The molecule has 0 aromatic heterocycles. The van der Waals surface area contributed by atoms with E-state index < -0.39 is 11.7 Å². The van der Waals surface area contributed by atoms with E-state index in [9.17, 15) is 18.0 Å². The van der Waals surface area contributed by atoms with Gasteiger partial charge >= 0.3 is 6.18 Å². The maximum absolute atomic E-state index is 12.7. The van der Waals surface area contributed by atoms with Gasteiger partial charge in [0.25, 0.3) is 0 Å². The zero-order valence-corrected chi connectivity index (χ0v) is 17.2. The number of benzene rings is 1. The van der Waals surface area contributed by atoms with E-state index in [0.717, 1.165) is 44.3 Å². The molecule has 0 N–H and O–H groups in total. The summed E-state index contributed by atoms with van der Waals surface area (Å²) < 4.78 is 40.5. The molecule has 3 aliphatic heterocycles. The Bertz CT molecular complexity index is 784. The van der Waals surface area contributed by atoms with E-state index in [-0.39, 0.29) is 0 Å². The summed E-state index contributed by atoms with van der Waals surface area (Å²) >= 11 is 0. The maximum Gasteiger partial charge on any atom is 0.416 e. The van der Waals surface area contributed by atoms with E-state index in [4.69, 9.17) is 0 Å². The van der Waals surface area contributed by atoms with E-state index in [2.05, 4.69) is 29.5 Å². The number of halogens is 3. The van der Waals surface area contributed by atoms with Gasteiger partial charge in [-0.15, -0.1) is 0 Å². The van der Waals surface area contributed by atoms with E-state index in [0.29, 0.717) is 42.2 Å². The molecular weight excluding hydrogens is 377 g/mol. The second-order valence-electron chi connectivity index (χ2n) is 9.24. The molecule has 4 atom stereocenters. The Hall–Kier alpha value is -1.85. The lowest BCUT2D eigenvalue weighted by molar-refractivity contribution is -0.540. The fourth-order valence-electron chi connectivity index (χ4n) is 5.58. The number of carbonyl (C=O) groups is 1. The van der Waals surface area contributed by atoms with Gasteiger partial charge in [0.1, 0.15) is 19.3 Å². The molecule has 0 spiro atoms. The van der Waals surface area contributed by atoms with Crippen molar-refractivity contribution in [3.05, 3.63) is 35.4 Å². The molecule has 3 heterocycles. The minimum absolute atomic E-state index is 0.330. The number of hydrogen-bond donors (Lipinski definition) is 0. The first-order chi connectivity index (χ1) is 13.7. The van der Waals surface area contributed by atoms with E-state index in [1.807, 2.05) is 0 Å². The third-order valence-electron chi connectivity index (χ3n) is 6.96. The van der Waals surface area contributed by atoms with Crippen LogP contribution in [-0.2, 0) is 17.4 Å². The monoisotopic (exact) mass is 407 g/mol. The quantitative estimate of drug-likeness (QED) is 0.664. The number of alkyl halides is 3. The molecule has 3 nitrogen and oxygen atoms in total. The summed E-state index contributed by atoms with van der Waals surface area (Å²) in [4.78, 5) is 14.8. The van der Waals surface area contributed by atoms with Gasteiger partial charge in [0.05, 0.1) is 17.5 Å². The molecule has 1 aromatic carbocycles.